The molecule has 0 aromatic heterocycles. The molecule has 0 spiro atoms. The molecule has 0 aromatic carbocycles. The summed E-state index contributed by atoms with van der Waals surface area (Å²) < 4.78 is 0.194. The van der Waals surface area contributed by atoms with Crippen LogP contribution in [0.15, 0.2) is 0 Å². The molecule has 1 saturated heterocycles. The first-order valence-electron chi connectivity index (χ1n) is 2.19. The van der Waals surface area contributed by atoms with Gasteiger partial charge in [-0.05, 0) is 14.1 Å². The molecule has 1 heterocycles. The van der Waals surface area contributed by atoms with Crippen molar-refractivity contribution in [3.63, 3.8) is 0 Å². The summed E-state index contributed by atoms with van der Waals surface area (Å²) >= 11 is 6.22. The molecule has 0 radical (unpaired) electrons. The maximum atomic E-state index is 4.35. The normalized spacial score (nSPS) is 39.4. The third-order valence-corrected chi connectivity index (χ3v) is 3.45. The molecule has 1 aliphatic rings. The van der Waals surface area contributed by atoms with Crippen molar-refractivity contribution in [3.8, 4) is 0 Å². The number of rotatable bonds is 1. The predicted octanol–water partition coefficient (Wildman–Crippen LogP) is 0.878. The quantitative estimate of drug-likeness (QED) is 0.323. The number of nitrogens with zero attached hydrogens (tertiary/aromatic N) is 1. The van der Waals surface area contributed by atoms with Crippen LogP contribution in [0.5, 0.6) is 0 Å². The standard InChI is InChI=1S/C4H9NS2/c1-5(2)4(6)3-7-4/h6H,3H2,1-2H3. The predicted molar refractivity (Wildman–Crippen MR) is 37.9 cm³/mol. The summed E-state index contributed by atoms with van der Waals surface area (Å²) in [6.07, 6.45) is 0. The van der Waals surface area contributed by atoms with Gasteiger partial charge in [-0.15, -0.1) is 24.4 Å². The molecule has 0 bridgehead atoms. The Morgan fingerprint density at radius 3 is 2.14 bits per heavy atom. The smallest absolute Gasteiger partial charge is 0.120 e. The molecular weight excluding hydrogens is 126 g/mol. The fraction of sp³-hybridized carbons (Fsp3) is 1.00. The molecule has 1 atom stereocenters. The van der Waals surface area contributed by atoms with Crippen LogP contribution in [0, 0.1) is 0 Å². The third-order valence-electron chi connectivity index (χ3n) is 1.10. The summed E-state index contributed by atoms with van der Waals surface area (Å²) in [6.45, 7) is 0. The van der Waals surface area contributed by atoms with Crippen LogP contribution >= 0.6 is 24.4 Å². The summed E-state index contributed by atoms with van der Waals surface area (Å²) in [6, 6.07) is 0. The van der Waals surface area contributed by atoms with Crippen molar-refractivity contribution in [3.05, 3.63) is 0 Å². The molecule has 3 heteroatoms. The lowest BCUT2D eigenvalue weighted by Gasteiger charge is -2.13. The van der Waals surface area contributed by atoms with Crippen molar-refractivity contribution >= 4 is 24.4 Å². The Morgan fingerprint density at radius 1 is 1.71 bits per heavy atom. The number of hydrogen-bond acceptors (Lipinski definition) is 3. The molecule has 1 aliphatic heterocycles. The van der Waals surface area contributed by atoms with E-state index in [4.69, 9.17) is 0 Å². The Labute approximate surface area is 53.9 Å². The molecule has 0 saturated carbocycles. The molecule has 0 N–H and O–H groups in total. The van der Waals surface area contributed by atoms with Crippen LogP contribution in [0.3, 0.4) is 0 Å². The third kappa shape index (κ3) is 1.06. The van der Waals surface area contributed by atoms with Crippen LogP contribution in [-0.4, -0.2) is 29.0 Å². The maximum Gasteiger partial charge on any atom is 0.120 e. The number of hydrogen-bond donors (Lipinski definition) is 1. The van der Waals surface area contributed by atoms with E-state index in [1.807, 2.05) is 25.9 Å². The van der Waals surface area contributed by atoms with Gasteiger partial charge in [-0.3, -0.25) is 4.90 Å². The van der Waals surface area contributed by atoms with Crippen molar-refractivity contribution in [1.82, 2.24) is 4.90 Å². The fourth-order valence-corrected chi connectivity index (χ4v) is 1.16. The first-order chi connectivity index (χ1) is 3.15. The van der Waals surface area contributed by atoms with Gasteiger partial charge in [0.05, 0.1) is 0 Å². The highest BCUT2D eigenvalue weighted by Crippen LogP contribution is 2.49. The van der Waals surface area contributed by atoms with Crippen LogP contribution in [0.4, 0.5) is 0 Å². The van der Waals surface area contributed by atoms with Crippen LogP contribution in [0.2, 0.25) is 0 Å². The zero-order valence-corrected chi connectivity index (χ0v) is 6.22. The maximum absolute atomic E-state index is 4.35. The monoisotopic (exact) mass is 135 g/mol. The summed E-state index contributed by atoms with van der Waals surface area (Å²) in [5.74, 6) is 1.17. The SMILES string of the molecule is CN(C)C1(S)CS1. The highest BCUT2D eigenvalue weighted by atomic mass is 32.2. The van der Waals surface area contributed by atoms with E-state index in [1.165, 1.54) is 5.75 Å². The lowest BCUT2D eigenvalue weighted by molar-refractivity contribution is 0.405. The Hall–Kier alpha value is 0.660. The zero-order chi connectivity index (χ0) is 5.49. The Bertz CT molecular complexity index is 77.8. The van der Waals surface area contributed by atoms with Gasteiger partial charge in [0.2, 0.25) is 0 Å². The summed E-state index contributed by atoms with van der Waals surface area (Å²) in [4.78, 5) is 2.13. The van der Waals surface area contributed by atoms with E-state index in [0.29, 0.717) is 0 Å². The van der Waals surface area contributed by atoms with Crippen molar-refractivity contribution in [1.29, 1.82) is 0 Å². The largest absolute Gasteiger partial charge is 0.286 e. The van der Waals surface area contributed by atoms with Gasteiger partial charge in [0.15, 0.2) is 0 Å². The minimum absolute atomic E-state index is 0.194. The summed E-state index contributed by atoms with van der Waals surface area (Å²) in [7, 11) is 4.10. The second-order valence-electron chi connectivity index (χ2n) is 1.93. The highest BCUT2D eigenvalue weighted by Gasteiger charge is 2.42. The Balaban J connectivity index is 2.39. The first-order valence-corrected chi connectivity index (χ1v) is 3.62. The summed E-state index contributed by atoms with van der Waals surface area (Å²) in [5, 5.41) is 0. The van der Waals surface area contributed by atoms with Crippen molar-refractivity contribution < 1.29 is 0 Å². The van der Waals surface area contributed by atoms with Gasteiger partial charge in [-0.25, -0.2) is 0 Å². The molecule has 7 heavy (non-hydrogen) atoms. The number of thioether (sulfide) groups is 1. The van der Waals surface area contributed by atoms with E-state index in [9.17, 15) is 0 Å². The van der Waals surface area contributed by atoms with Gasteiger partial charge in [-0.2, -0.15) is 0 Å². The van der Waals surface area contributed by atoms with Crippen molar-refractivity contribution in [2.75, 3.05) is 19.8 Å². The molecule has 0 aromatic rings. The van der Waals surface area contributed by atoms with Gasteiger partial charge in [0.1, 0.15) is 4.20 Å². The molecule has 0 aliphatic carbocycles. The highest BCUT2D eigenvalue weighted by molar-refractivity contribution is 8.19. The van der Waals surface area contributed by atoms with Crippen LogP contribution in [0.25, 0.3) is 0 Å². The lowest BCUT2D eigenvalue weighted by Crippen LogP contribution is -2.23. The minimum Gasteiger partial charge on any atom is -0.286 e. The van der Waals surface area contributed by atoms with Gasteiger partial charge >= 0.3 is 0 Å². The van der Waals surface area contributed by atoms with Crippen LogP contribution in [-0.2, 0) is 0 Å². The Morgan fingerprint density at radius 2 is 2.14 bits per heavy atom. The zero-order valence-electron chi connectivity index (χ0n) is 4.51. The van der Waals surface area contributed by atoms with E-state index in [-0.39, 0.29) is 4.20 Å². The van der Waals surface area contributed by atoms with Gasteiger partial charge < -0.3 is 0 Å². The van der Waals surface area contributed by atoms with Crippen LogP contribution in [0.1, 0.15) is 0 Å². The Kier molecular flexibility index (Phi) is 1.30. The molecule has 1 nitrogen and oxygen atoms in total. The van der Waals surface area contributed by atoms with E-state index >= 15 is 0 Å². The van der Waals surface area contributed by atoms with Gasteiger partial charge in [0.25, 0.3) is 0 Å². The molecule has 0 amide bonds. The van der Waals surface area contributed by atoms with Crippen molar-refractivity contribution in [2.45, 2.75) is 4.20 Å². The van der Waals surface area contributed by atoms with Crippen molar-refractivity contribution in [2.24, 2.45) is 0 Å². The minimum atomic E-state index is 0.194. The van der Waals surface area contributed by atoms with E-state index in [1.54, 1.807) is 0 Å². The van der Waals surface area contributed by atoms with E-state index in [0.717, 1.165) is 0 Å². The average Bonchev–Trinajstić information content (AvgIpc) is 2.21. The fourth-order valence-electron chi connectivity index (χ4n) is 0.323. The van der Waals surface area contributed by atoms with Gasteiger partial charge in [-0.1, -0.05) is 0 Å². The molecular formula is C4H9NS2. The van der Waals surface area contributed by atoms with Gasteiger partial charge in [0, 0.05) is 5.75 Å². The van der Waals surface area contributed by atoms with Crippen LogP contribution < -0.4 is 0 Å². The lowest BCUT2D eigenvalue weighted by atomic mass is 10.7. The second-order valence-corrected chi connectivity index (χ2v) is 4.22. The topological polar surface area (TPSA) is 3.24 Å². The van der Waals surface area contributed by atoms with E-state index in [2.05, 4.69) is 17.5 Å². The molecule has 42 valence electrons. The average molecular weight is 135 g/mol. The summed E-state index contributed by atoms with van der Waals surface area (Å²) in [5.41, 5.74) is 0. The first kappa shape index (κ1) is 5.79. The molecule has 1 rings (SSSR count). The van der Waals surface area contributed by atoms with E-state index < -0.39 is 0 Å². The molecule has 1 unspecified atom stereocenters. The molecule has 1 fully saturated rings. The number of thiol groups is 1. The second kappa shape index (κ2) is 1.57.